The second-order valence-electron chi connectivity index (χ2n) is 5.22. The molecule has 1 heterocycles. The van der Waals surface area contributed by atoms with E-state index in [1.807, 2.05) is 42.5 Å². The molecule has 0 aliphatic carbocycles. The molecule has 1 N–H and O–H groups in total. The summed E-state index contributed by atoms with van der Waals surface area (Å²) in [5.41, 5.74) is 2.30. The molecule has 3 rings (SSSR count). The first kappa shape index (κ1) is 16.5. The SMILES string of the molecule is O=C(NC(c1ccccc1)c1ccncc1)c1ccc(Cl)cc1Cl. The average molecular weight is 357 g/mol. The molecule has 120 valence electrons. The first-order valence-corrected chi connectivity index (χ1v) is 8.11. The van der Waals surface area contributed by atoms with E-state index in [0.29, 0.717) is 15.6 Å². The van der Waals surface area contributed by atoms with E-state index in [0.717, 1.165) is 11.1 Å². The number of amides is 1. The second kappa shape index (κ2) is 7.47. The molecule has 0 radical (unpaired) electrons. The third-order valence-corrected chi connectivity index (χ3v) is 4.17. The van der Waals surface area contributed by atoms with Crippen molar-refractivity contribution < 1.29 is 4.79 Å². The fourth-order valence-corrected chi connectivity index (χ4v) is 2.94. The van der Waals surface area contributed by atoms with Crippen LogP contribution in [0.15, 0.2) is 73.1 Å². The van der Waals surface area contributed by atoms with Gasteiger partial charge in [0.25, 0.3) is 5.91 Å². The summed E-state index contributed by atoms with van der Waals surface area (Å²) < 4.78 is 0. The second-order valence-corrected chi connectivity index (χ2v) is 6.07. The van der Waals surface area contributed by atoms with Crippen molar-refractivity contribution in [2.75, 3.05) is 0 Å². The van der Waals surface area contributed by atoms with Crippen LogP contribution >= 0.6 is 23.2 Å². The summed E-state index contributed by atoms with van der Waals surface area (Å²) in [5, 5.41) is 3.84. The molecule has 3 aromatic rings. The molecule has 0 spiro atoms. The van der Waals surface area contributed by atoms with Crippen molar-refractivity contribution in [3.8, 4) is 0 Å². The zero-order valence-electron chi connectivity index (χ0n) is 12.6. The highest BCUT2D eigenvalue weighted by molar-refractivity contribution is 6.36. The molecular formula is C19H14Cl2N2O. The highest BCUT2D eigenvalue weighted by Gasteiger charge is 2.19. The summed E-state index contributed by atoms with van der Waals surface area (Å²) in [6.07, 6.45) is 3.40. The fraction of sp³-hybridized carbons (Fsp3) is 0.0526. The van der Waals surface area contributed by atoms with E-state index in [1.165, 1.54) is 0 Å². The first-order chi connectivity index (χ1) is 11.6. The van der Waals surface area contributed by atoms with Gasteiger partial charge >= 0.3 is 0 Å². The van der Waals surface area contributed by atoms with Gasteiger partial charge in [-0.1, -0.05) is 53.5 Å². The van der Waals surface area contributed by atoms with Crippen molar-refractivity contribution in [1.29, 1.82) is 0 Å². The Labute approximate surface area is 150 Å². The maximum Gasteiger partial charge on any atom is 0.253 e. The largest absolute Gasteiger partial charge is 0.341 e. The van der Waals surface area contributed by atoms with Gasteiger partial charge in [-0.3, -0.25) is 9.78 Å². The highest BCUT2D eigenvalue weighted by atomic mass is 35.5. The van der Waals surface area contributed by atoms with Crippen LogP contribution in [-0.4, -0.2) is 10.9 Å². The van der Waals surface area contributed by atoms with Crippen LogP contribution in [0.25, 0.3) is 0 Å². The Morgan fingerprint density at radius 3 is 2.25 bits per heavy atom. The van der Waals surface area contributed by atoms with Crippen LogP contribution < -0.4 is 5.32 Å². The minimum absolute atomic E-state index is 0.262. The number of carbonyl (C=O) groups is 1. The number of benzene rings is 2. The Morgan fingerprint density at radius 1 is 0.917 bits per heavy atom. The van der Waals surface area contributed by atoms with E-state index in [-0.39, 0.29) is 11.9 Å². The number of nitrogens with one attached hydrogen (secondary N) is 1. The summed E-state index contributed by atoms with van der Waals surface area (Å²) in [6, 6.07) is 18.0. The molecule has 2 aromatic carbocycles. The van der Waals surface area contributed by atoms with Gasteiger partial charge in [-0.2, -0.15) is 0 Å². The van der Waals surface area contributed by atoms with E-state index in [1.54, 1.807) is 30.6 Å². The van der Waals surface area contributed by atoms with E-state index in [4.69, 9.17) is 23.2 Å². The zero-order chi connectivity index (χ0) is 16.9. The Balaban J connectivity index is 1.94. The van der Waals surface area contributed by atoms with Crippen LogP contribution in [0.5, 0.6) is 0 Å². The average Bonchev–Trinajstić information content (AvgIpc) is 2.61. The number of rotatable bonds is 4. The molecule has 0 aliphatic rings. The zero-order valence-corrected chi connectivity index (χ0v) is 14.1. The van der Waals surface area contributed by atoms with Gasteiger partial charge in [0.05, 0.1) is 16.6 Å². The molecule has 0 saturated carbocycles. The van der Waals surface area contributed by atoms with Crippen LogP contribution in [0.2, 0.25) is 10.0 Å². The van der Waals surface area contributed by atoms with Crippen molar-refractivity contribution in [1.82, 2.24) is 10.3 Å². The van der Waals surface area contributed by atoms with Crippen LogP contribution in [0.1, 0.15) is 27.5 Å². The number of halogens is 2. The van der Waals surface area contributed by atoms with Crippen molar-refractivity contribution >= 4 is 29.1 Å². The van der Waals surface area contributed by atoms with Gasteiger partial charge in [0, 0.05) is 17.4 Å². The van der Waals surface area contributed by atoms with Crippen molar-refractivity contribution in [3.63, 3.8) is 0 Å². The van der Waals surface area contributed by atoms with Gasteiger partial charge in [0.1, 0.15) is 0 Å². The Morgan fingerprint density at radius 2 is 1.58 bits per heavy atom. The molecule has 3 nitrogen and oxygen atoms in total. The molecule has 0 aliphatic heterocycles. The van der Waals surface area contributed by atoms with E-state index in [2.05, 4.69) is 10.3 Å². The number of carbonyl (C=O) groups excluding carboxylic acids is 1. The van der Waals surface area contributed by atoms with Gasteiger partial charge in [-0.15, -0.1) is 0 Å². The molecule has 1 amide bonds. The lowest BCUT2D eigenvalue weighted by Gasteiger charge is -2.20. The first-order valence-electron chi connectivity index (χ1n) is 7.36. The van der Waals surface area contributed by atoms with Crippen molar-refractivity contribution in [3.05, 3.63) is 99.8 Å². The number of aromatic nitrogens is 1. The molecule has 5 heteroatoms. The monoisotopic (exact) mass is 356 g/mol. The molecule has 0 fully saturated rings. The molecule has 0 saturated heterocycles. The Bertz CT molecular complexity index is 799. The third-order valence-electron chi connectivity index (χ3n) is 3.62. The van der Waals surface area contributed by atoms with Gasteiger partial charge in [0.2, 0.25) is 0 Å². The summed E-state index contributed by atoms with van der Waals surface area (Å²) in [6.45, 7) is 0. The lowest BCUT2D eigenvalue weighted by Crippen LogP contribution is -2.29. The summed E-state index contributed by atoms with van der Waals surface area (Å²) in [5.74, 6) is -0.262. The number of nitrogens with zero attached hydrogens (tertiary/aromatic N) is 1. The van der Waals surface area contributed by atoms with Crippen LogP contribution in [0.3, 0.4) is 0 Å². The lowest BCUT2D eigenvalue weighted by atomic mass is 9.99. The summed E-state index contributed by atoms with van der Waals surface area (Å²) in [4.78, 5) is 16.7. The Kier molecular flexibility index (Phi) is 5.14. The number of hydrogen-bond acceptors (Lipinski definition) is 2. The van der Waals surface area contributed by atoms with Gasteiger partial charge in [-0.05, 0) is 41.5 Å². The van der Waals surface area contributed by atoms with E-state index in [9.17, 15) is 4.79 Å². The van der Waals surface area contributed by atoms with Gasteiger partial charge in [0.15, 0.2) is 0 Å². The topological polar surface area (TPSA) is 42.0 Å². The predicted octanol–water partition coefficient (Wildman–Crippen LogP) is 4.91. The Hall–Kier alpha value is -2.36. The van der Waals surface area contributed by atoms with Gasteiger partial charge in [-0.25, -0.2) is 0 Å². The molecule has 1 unspecified atom stereocenters. The van der Waals surface area contributed by atoms with E-state index >= 15 is 0 Å². The summed E-state index contributed by atoms with van der Waals surface area (Å²) in [7, 11) is 0. The predicted molar refractivity (Wildman–Crippen MR) is 96.5 cm³/mol. The third kappa shape index (κ3) is 3.75. The highest BCUT2D eigenvalue weighted by Crippen LogP contribution is 2.25. The number of hydrogen-bond donors (Lipinski definition) is 1. The molecular weight excluding hydrogens is 343 g/mol. The minimum Gasteiger partial charge on any atom is -0.341 e. The molecule has 0 bridgehead atoms. The summed E-state index contributed by atoms with van der Waals surface area (Å²) >= 11 is 12.0. The van der Waals surface area contributed by atoms with Crippen molar-refractivity contribution in [2.24, 2.45) is 0 Å². The van der Waals surface area contributed by atoms with Gasteiger partial charge < -0.3 is 5.32 Å². The molecule has 24 heavy (non-hydrogen) atoms. The molecule has 1 atom stereocenters. The molecule has 1 aromatic heterocycles. The van der Waals surface area contributed by atoms with Crippen LogP contribution in [0, 0.1) is 0 Å². The van der Waals surface area contributed by atoms with Crippen molar-refractivity contribution in [2.45, 2.75) is 6.04 Å². The minimum atomic E-state index is -0.298. The maximum absolute atomic E-state index is 12.7. The smallest absolute Gasteiger partial charge is 0.253 e. The standard InChI is InChI=1S/C19H14Cl2N2O/c20-15-6-7-16(17(21)12-15)19(24)23-18(13-4-2-1-3-5-13)14-8-10-22-11-9-14/h1-12,18H,(H,23,24). The normalized spacial score (nSPS) is 11.8. The maximum atomic E-state index is 12.7. The van der Waals surface area contributed by atoms with Crippen LogP contribution in [0.4, 0.5) is 0 Å². The van der Waals surface area contributed by atoms with E-state index < -0.39 is 0 Å². The quantitative estimate of drug-likeness (QED) is 0.721. The number of pyridine rings is 1. The van der Waals surface area contributed by atoms with Crippen LogP contribution in [-0.2, 0) is 0 Å². The fourth-order valence-electron chi connectivity index (χ4n) is 2.44. The lowest BCUT2D eigenvalue weighted by molar-refractivity contribution is 0.0943.